The molecule has 1 aliphatic rings. The number of aromatic nitrogens is 1. The average Bonchev–Trinajstić information content (AvgIpc) is 3.56. The lowest BCUT2D eigenvalue weighted by atomic mass is 9.79. The molecule has 1 unspecified atom stereocenters. The highest BCUT2D eigenvalue weighted by Crippen LogP contribution is 2.39. The number of carbonyl (C=O) groups excluding carboxylic acids is 2. The molecule has 1 aliphatic heterocycles. The number of methoxy groups -OCH3 is 1. The molecule has 230 valence electrons. The second kappa shape index (κ2) is 12.6. The van der Waals surface area contributed by atoms with E-state index >= 15 is 0 Å². The summed E-state index contributed by atoms with van der Waals surface area (Å²) in [7, 11) is 1.72. The molecule has 2 aromatic heterocycles. The van der Waals surface area contributed by atoms with Gasteiger partial charge in [-0.25, -0.2) is 4.79 Å². The molecule has 6 rings (SSSR count). The van der Waals surface area contributed by atoms with Crippen LogP contribution in [0.3, 0.4) is 0 Å². The average molecular weight is 612 g/mol. The van der Waals surface area contributed by atoms with Gasteiger partial charge in [-0.15, -0.1) is 11.3 Å². The van der Waals surface area contributed by atoms with Crippen LogP contribution < -0.4 is 5.32 Å². The van der Waals surface area contributed by atoms with E-state index in [4.69, 9.17) is 9.47 Å². The lowest BCUT2D eigenvalue weighted by Gasteiger charge is -2.38. The molecule has 0 bridgehead atoms. The van der Waals surface area contributed by atoms with Gasteiger partial charge in [-0.3, -0.25) is 4.79 Å². The number of nitrogens with one attached hydrogen (secondary N) is 1. The monoisotopic (exact) mass is 611 g/mol. The smallest absolute Gasteiger partial charge is 0.410 e. The number of benzene rings is 3. The number of thiophene rings is 1. The van der Waals surface area contributed by atoms with Gasteiger partial charge in [0.05, 0.1) is 5.92 Å². The van der Waals surface area contributed by atoms with Crippen molar-refractivity contribution >= 4 is 54.4 Å². The molecule has 2 atom stereocenters. The van der Waals surface area contributed by atoms with E-state index in [0.717, 1.165) is 35.0 Å². The SMILES string of the molecule is COCCCn1cc(CNC(=O)C2CN(C(=O)OC(C)(C)C)CC[C@@H]2c2ccc3sc4ccccc4c3c2)c2ccccc21. The Morgan fingerprint density at radius 2 is 1.73 bits per heavy atom. The Morgan fingerprint density at radius 3 is 2.52 bits per heavy atom. The van der Waals surface area contributed by atoms with Crippen molar-refractivity contribution in [2.24, 2.45) is 5.92 Å². The summed E-state index contributed by atoms with van der Waals surface area (Å²) < 4.78 is 15.7. The second-order valence-corrected chi connectivity index (χ2v) is 13.8. The summed E-state index contributed by atoms with van der Waals surface area (Å²) in [6.07, 6.45) is 3.37. The minimum Gasteiger partial charge on any atom is -0.444 e. The molecule has 3 aromatic carbocycles. The summed E-state index contributed by atoms with van der Waals surface area (Å²) in [4.78, 5) is 28.9. The Hall–Kier alpha value is -3.88. The maximum Gasteiger partial charge on any atom is 0.410 e. The van der Waals surface area contributed by atoms with Crippen molar-refractivity contribution in [2.45, 2.75) is 58.2 Å². The van der Waals surface area contributed by atoms with Gasteiger partial charge in [0.2, 0.25) is 5.91 Å². The minimum atomic E-state index is -0.603. The molecule has 8 heteroatoms. The molecular formula is C36H41N3O4S. The van der Waals surface area contributed by atoms with Crippen LogP contribution in [0.25, 0.3) is 31.1 Å². The van der Waals surface area contributed by atoms with Gasteiger partial charge in [0.1, 0.15) is 5.60 Å². The molecule has 3 heterocycles. The van der Waals surface area contributed by atoms with Crippen molar-refractivity contribution in [1.82, 2.24) is 14.8 Å². The number of nitrogens with zero attached hydrogens (tertiary/aromatic N) is 2. The van der Waals surface area contributed by atoms with E-state index < -0.39 is 11.5 Å². The Labute approximate surface area is 262 Å². The molecule has 44 heavy (non-hydrogen) atoms. The molecule has 0 spiro atoms. The first-order chi connectivity index (χ1) is 21.2. The number of rotatable bonds is 8. The van der Waals surface area contributed by atoms with Crippen LogP contribution in [0.5, 0.6) is 0 Å². The van der Waals surface area contributed by atoms with Gasteiger partial charge < -0.3 is 24.3 Å². The zero-order chi connectivity index (χ0) is 30.8. The van der Waals surface area contributed by atoms with Crippen molar-refractivity contribution in [1.29, 1.82) is 0 Å². The highest BCUT2D eigenvalue weighted by Gasteiger charge is 2.38. The minimum absolute atomic E-state index is 0.0212. The van der Waals surface area contributed by atoms with E-state index in [2.05, 4.69) is 70.7 Å². The van der Waals surface area contributed by atoms with E-state index in [0.29, 0.717) is 32.7 Å². The summed E-state index contributed by atoms with van der Waals surface area (Å²) in [6, 6.07) is 23.4. The van der Waals surface area contributed by atoms with Crippen molar-refractivity contribution < 1.29 is 19.1 Å². The van der Waals surface area contributed by atoms with Crippen LogP contribution in [-0.4, -0.2) is 53.9 Å². The highest BCUT2D eigenvalue weighted by atomic mass is 32.1. The fraction of sp³-hybridized carbons (Fsp3) is 0.389. The van der Waals surface area contributed by atoms with E-state index in [1.807, 2.05) is 32.9 Å². The third-order valence-corrected chi connectivity index (χ3v) is 9.65. The molecule has 0 aliphatic carbocycles. The number of likely N-dealkylation sites (tertiary alicyclic amines) is 1. The zero-order valence-corrected chi connectivity index (χ0v) is 26.8. The number of hydrogen-bond acceptors (Lipinski definition) is 5. The van der Waals surface area contributed by atoms with Crippen LogP contribution in [0.1, 0.15) is 50.7 Å². The van der Waals surface area contributed by atoms with E-state index in [9.17, 15) is 9.59 Å². The van der Waals surface area contributed by atoms with Gasteiger partial charge in [-0.05, 0) is 74.9 Å². The maximum atomic E-state index is 14.1. The van der Waals surface area contributed by atoms with E-state index in [1.165, 1.54) is 20.2 Å². The number of carbonyl (C=O) groups is 2. The Bertz CT molecular complexity index is 1800. The van der Waals surface area contributed by atoms with Crippen LogP contribution in [0.15, 0.2) is 72.9 Å². The largest absolute Gasteiger partial charge is 0.444 e. The maximum absolute atomic E-state index is 14.1. The fourth-order valence-electron chi connectivity index (χ4n) is 6.42. The van der Waals surface area contributed by atoms with E-state index in [-0.39, 0.29) is 17.9 Å². The summed E-state index contributed by atoms with van der Waals surface area (Å²) in [5.41, 5.74) is 2.76. The Kier molecular flexibility index (Phi) is 8.65. The number of para-hydroxylation sites is 1. The molecule has 7 nitrogen and oxygen atoms in total. The van der Waals surface area contributed by atoms with Crippen LogP contribution in [0.2, 0.25) is 0 Å². The standard InChI is InChI=1S/C36H41N3O4S/c1-36(2,3)43-35(41)39-18-16-26(24-14-15-33-29(20-24)28-11-6-8-13-32(28)44-33)30(23-39)34(40)37-21-25-22-38(17-9-19-42-4)31-12-7-5-10-27(25)31/h5-8,10-15,20,22,26,30H,9,16-19,21,23H2,1-4H3,(H,37,40)/t26-,30?/m1/s1. The van der Waals surface area contributed by atoms with Crippen LogP contribution in [-0.2, 0) is 27.4 Å². The van der Waals surface area contributed by atoms with Crippen molar-refractivity contribution in [3.05, 3.63) is 84.1 Å². The van der Waals surface area contributed by atoms with Gasteiger partial charge >= 0.3 is 6.09 Å². The van der Waals surface area contributed by atoms with Crippen molar-refractivity contribution in [3.63, 3.8) is 0 Å². The first-order valence-electron chi connectivity index (χ1n) is 15.4. The normalized spacial score (nSPS) is 17.4. The molecule has 5 aromatic rings. The summed E-state index contributed by atoms with van der Waals surface area (Å²) >= 11 is 1.79. The number of amides is 2. The van der Waals surface area contributed by atoms with Gasteiger partial charge in [0.25, 0.3) is 0 Å². The Morgan fingerprint density at radius 1 is 0.977 bits per heavy atom. The van der Waals surface area contributed by atoms with Crippen molar-refractivity contribution in [2.75, 3.05) is 26.8 Å². The lowest BCUT2D eigenvalue weighted by Crippen LogP contribution is -2.49. The van der Waals surface area contributed by atoms with Crippen LogP contribution in [0.4, 0.5) is 4.79 Å². The molecule has 2 amide bonds. The second-order valence-electron chi connectivity index (χ2n) is 12.7. The summed E-state index contributed by atoms with van der Waals surface area (Å²) in [6.45, 7) is 8.42. The molecular weight excluding hydrogens is 570 g/mol. The topological polar surface area (TPSA) is 72.8 Å². The predicted molar refractivity (Wildman–Crippen MR) is 178 cm³/mol. The molecule has 0 saturated carbocycles. The zero-order valence-electron chi connectivity index (χ0n) is 26.0. The number of fused-ring (bicyclic) bond motifs is 4. The first kappa shape index (κ1) is 30.2. The van der Waals surface area contributed by atoms with Gasteiger partial charge in [0, 0.05) is 77.2 Å². The predicted octanol–water partition coefficient (Wildman–Crippen LogP) is 7.70. The van der Waals surface area contributed by atoms with Gasteiger partial charge in [0.15, 0.2) is 0 Å². The Balaban J connectivity index is 1.27. The molecule has 1 fully saturated rings. The molecule has 1 N–H and O–H groups in total. The number of piperidine rings is 1. The number of ether oxygens (including phenoxy) is 2. The van der Waals surface area contributed by atoms with Crippen LogP contribution in [0, 0.1) is 5.92 Å². The third-order valence-electron chi connectivity index (χ3n) is 8.50. The van der Waals surface area contributed by atoms with E-state index in [1.54, 1.807) is 23.3 Å². The van der Waals surface area contributed by atoms with Gasteiger partial charge in [-0.2, -0.15) is 0 Å². The quantitative estimate of drug-likeness (QED) is 0.183. The lowest BCUT2D eigenvalue weighted by molar-refractivity contribution is -0.127. The van der Waals surface area contributed by atoms with Gasteiger partial charge in [-0.1, -0.05) is 42.5 Å². The number of aryl methyl sites for hydroxylation is 1. The summed E-state index contributed by atoms with van der Waals surface area (Å²) in [5, 5.41) is 6.85. The van der Waals surface area contributed by atoms with Crippen LogP contribution >= 0.6 is 11.3 Å². The summed E-state index contributed by atoms with van der Waals surface area (Å²) in [5.74, 6) is -0.476. The number of hydrogen-bond donors (Lipinski definition) is 1. The first-order valence-corrected chi connectivity index (χ1v) is 16.3. The molecule has 1 saturated heterocycles. The fourth-order valence-corrected chi connectivity index (χ4v) is 7.51. The van der Waals surface area contributed by atoms with Crippen molar-refractivity contribution in [3.8, 4) is 0 Å². The molecule has 0 radical (unpaired) electrons. The third kappa shape index (κ3) is 6.33. The highest BCUT2D eigenvalue weighted by molar-refractivity contribution is 7.25.